The molecule has 0 aromatic carbocycles. The first kappa shape index (κ1) is 22.7. The number of ether oxygens (including phenoxy) is 1. The van der Waals surface area contributed by atoms with Gasteiger partial charge in [-0.1, -0.05) is 11.8 Å². The van der Waals surface area contributed by atoms with E-state index >= 15 is 0 Å². The summed E-state index contributed by atoms with van der Waals surface area (Å²) in [7, 11) is -8.45. The fraction of sp³-hybridized carbons (Fsp3) is 0.643. The molecule has 0 aliphatic carbocycles. The van der Waals surface area contributed by atoms with Gasteiger partial charge in [-0.05, 0) is 31.9 Å². The normalized spacial score (nSPS) is 29.0. The van der Waals surface area contributed by atoms with E-state index in [-0.39, 0.29) is 23.1 Å². The van der Waals surface area contributed by atoms with Crippen molar-refractivity contribution in [2.24, 2.45) is 5.73 Å². The predicted octanol–water partition coefficient (Wildman–Crippen LogP) is -0.132. The number of sulfone groups is 1. The molecule has 0 bridgehead atoms. The van der Waals surface area contributed by atoms with Crippen molar-refractivity contribution in [2.45, 2.75) is 31.2 Å². The molecule has 3 aliphatic rings. The number of amides is 1. The highest BCUT2D eigenvalue weighted by Gasteiger charge is 2.51. The molecule has 154 valence electrons. The van der Waals surface area contributed by atoms with Crippen LogP contribution in [0.4, 0.5) is 0 Å². The van der Waals surface area contributed by atoms with Gasteiger partial charge in [0.25, 0.3) is 10.0 Å². The van der Waals surface area contributed by atoms with Crippen LogP contribution in [0.25, 0.3) is 0 Å². The number of carbonyl (C=O) groups excluding carboxylic acids is 1. The summed E-state index contributed by atoms with van der Waals surface area (Å²) in [6, 6.07) is 0. The number of nitrogens with zero attached hydrogens (tertiary/aromatic N) is 1. The van der Waals surface area contributed by atoms with Gasteiger partial charge in [-0.3, -0.25) is 9.69 Å². The van der Waals surface area contributed by atoms with E-state index in [0.29, 0.717) is 31.9 Å². The molecule has 3 heterocycles. The van der Waals surface area contributed by atoms with Crippen LogP contribution in [-0.4, -0.2) is 64.9 Å². The number of nitrogens with one attached hydrogen (secondary N) is 1. The third-order valence-electron chi connectivity index (χ3n) is 4.61. The van der Waals surface area contributed by atoms with Gasteiger partial charge < -0.3 is 10.5 Å². The minimum Gasteiger partial charge on any atom is -0.379 e. The molecule has 1 saturated heterocycles. The minimum atomic E-state index is -4.25. The summed E-state index contributed by atoms with van der Waals surface area (Å²) >= 11 is 0.811. The second-order valence-electron chi connectivity index (χ2n) is 6.60. The van der Waals surface area contributed by atoms with Gasteiger partial charge in [0, 0.05) is 13.1 Å². The number of carbonyl (C=O) groups is 1. The highest BCUT2D eigenvalue weighted by Crippen LogP contribution is 2.54. The second-order valence-corrected chi connectivity index (χ2v) is 12.2. The van der Waals surface area contributed by atoms with E-state index in [4.69, 9.17) is 10.5 Å². The zero-order valence-electron chi connectivity index (χ0n) is 14.8. The van der Waals surface area contributed by atoms with Gasteiger partial charge in [0.15, 0.2) is 4.24 Å². The molecular weight excluding hydrogens is 438 g/mol. The largest absolute Gasteiger partial charge is 0.379 e. The summed E-state index contributed by atoms with van der Waals surface area (Å²) in [6.45, 7) is 5.30. The number of hydrogen-bond acceptors (Lipinski definition) is 8. The fourth-order valence-electron chi connectivity index (χ4n) is 3.07. The average molecular weight is 460 g/mol. The molecule has 13 heteroatoms. The van der Waals surface area contributed by atoms with Crippen molar-refractivity contribution < 1.29 is 26.4 Å². The average Bonchev–Trinajstić information content (AvgIpc) is 3.02. The summed E-state index contributed by atoms with van der Waals surface area (Å²) < 4.78 is 56.6. The lowest BCUT2D eigenvalue weighted by molar-refractivity contribution is -0.119. The van der Waals surface area contributed by atoms with Crippen molar-refractivity contribution in [2.75, 3.05) is 26.3 Å². The van der Waals surface area contributed by atoms with Crippen LogP contribution in [0.15, 0.2) is 20.1 Å². The maximum atomic E-state index is 12.7. The van der Waals surface area contributed by atoms with Crippen molar-refractivity contribution in [3.8, 4) is 0 Å². The van der Waals surface area contributed by atoms with Crippen LogP contribution in [0.5, 0.6) is 0 Å². The first-order valence-corrected chi connectivity index (χ1v) is 11.8. The molecule has 0 radical (unpaired) electrons. The topological polar surface area (TPSA) is 136 Å². The van der Waals surface area contributed by atoms with Crippen molar-refractivity contribution >= 4 is 49.9 Å². The molecule has 0 spiro atoms. The van der Waals surface area contributed by atoms with Gasteiger partial charge in [-0.15, -0.1) is 12.4 Å². The van der Waals surface area contributed by atoms with Gasteiger partial charge in [-0.2, -0.15) is 4.72 Å². The maximum absolute atomic E-state index is 12.7. The Balaban J connectivity index is 0.00000261. The van der Waals surface area contributed by atoms with Gasteiger partial charge in [0.1, 0.15) is 8.98 Å². The third kappa shape index (κ3) is 4.07. The van der Waals surface area contributed by atoms with E-state index in [2.05, 4.69) is 4.72 Å². The van der Waals surface area contributed by atoms with Crippen LogP contribution in [0.2, 0.25) is 0 Å². The van der Waals surface area contributed by atoms with Crippen LogP contribution in [0, 0.1) is 0 Å². The zero-order chi connectivity index (χ0) is 19.3. The lowest BCUT2D eigenvalue weighted by Crippen LogP contribution is -2.51. The van der Waals surface area contributed by atoms with E-state index in [1.165, 1.54) is 0 Å². The van der Waals surface area contributed by atoms with Crippen LogP contribution >= 0.6 is 24.2 Å². The van der Waals surface area contributed by atoms with E-state index in [0.717, 1.165) is 17.8 Å². The standard InChI is InChI=1S/C14H21N3O6S3.ClH/c1-9(17-3-5-23-6-4-17)16-26(21,22)11-7-10-8-14(2,13(15)18)24-12(10)25(11,19)20;/h7,9,16H,3-6,8H2,1-2H3,(H2,15,18);1H. The van der Waals surface area contributed by atoms with E-state index in [1.807, 2.05) is 4.90 Å². The van der Waals surface area contributed by atoms with Gasteiger partial charge >= 0.3 is 0 Å². The Morgan fingerprint density at radius 1 is 1.41 bits per heavy atom. The Kier molecular flexibility index (Phi) is 6.42. The Hall–Kier alpha value is -0.630. The molecule has 0 saturated carbocycles. The molecular formula is C14H22ClN3O6S3. The van der Waals surface area contributed by atoms with Crippen molar-refractivity contribution in [1.29, 1.82) is 0 Å². The number of primary amides is 1. The second kappa shape index (κ2) is 7.65. The molecule has 0 aromatic heterocycles. The molecule has 3 aliphatic heterocycles. The summed E-state index contributed by atoms with van der Waals surface area (Å²) in [5, 5.41) is 0. The van der Waals surface area contributed by atoms with Gasteiger partial charge in [0.2, 0.25) is 15.7 Å². The van der Waals surface area contributed by atoms with E-state index in [1.54, 1.807) is 13.8 Å². The summed E-state index contributed by atoms with van der Waals surface area (Å²) in [4.78, 5) is 13.4. The Morgan fingerprint density at radius 3 is 2.52 bits per heavy atom. The van der Waals surface area contributed by atoms with E-state index in [9.17, 15) is 21.6 Å². The summed E-state index contributed by atoms with van der Waals surface area (Å²) in [5.74, 6) is -0.635. The van der Waals surface area contributed by atoms with Crippen molar-refractivity contribution in [3.05, 3.63) is 20.1 Å². The molecule has 2 atom stereocenters. The van der Waals surface area contributed by atoms with Crippen LogP contribution in [0.3, 0.4) is 0 Å². The number of sulfonamides is 1. The number of allylic oxidation sites excluding steroid dienone is 2. The van der Waals surface area contributed by atoms with E-state index < -0.39 is 40.9 Å². The number of thioether (sulfide) groups is 1. The highest BCUT2D eigenvalue weighted by atomic mass is 35.5. The van der Waals surface area contributed by atoms with Gasteiger partial charge in [0.05, 0.1) is 19.4 Å². The highest BCUT2D eigenvalue weighted by molar-refractivity contribution is 8.26. The van der Waals surface area contributed by atoms with Crippen molar-refractivity contribution in [3.63, 3.8) is 0 Å². The number of nitrogens with two attached hydrogens (primary N) is 1. The summed E-state index contributed by atoms with van der Waals surface area (Å²) in [6.07, 6.45) is 0.652. The predicted molar refractivity (Wildman–Crippen MR) is 105 cm³/mol. The van der Waals surface area contributed by atoms with Gasteiger partial charge in [-0.25, -0.2) is 16.8 Å². The van der Waals surface area contributed by atoms with Crippen LogP contribution in [0.1, 0.15) is 20.3 Å². The molecule has 0 aromatic rings. The first-order chi connectivity index (χ1) is 12.0. The quantitative estimate of drug-likeness (QED) is 0.580. The van der Waals surface area contributed by atoms with Crippen LogP contribution in [-0.2, 0) is 29.4 Å². The Labute approximate surface area is 169 Å². The molecule has 1 fully saturated rings. The lowest BCUT2D eigenvalue weighted by atomic mass is 10.0. The zero-order valence-corrected chi connectivity index (χ0v) is 18.1. The third-order valence-corrected chi connectivity index (χ3v) is 10.8. The van der Waals surface area contributed by atoms with Crippen LogP contribution < -0.4 is 10.5 Å². The SMILES string of the molecule is CC(NS(=O)(=O)C1=CC2=C(SC(C)(C(N)=O)C2)S1(=O)=O)N1CCOCC1.Cl. The minimum absolute atomic E-state index is 0. The number of morpholine rings is 1. The molecule has 1 amide bonds. The number of rotatable bonds is 5. The smallest absolute Gasteiger partial charge is 0.253 e. The maximum Gasteiger partial charge on any atom is 0.253 e. The Morgan fingerprint density at radius 2 is 2.00 bits per heavy atom. The Bertz CT molecular complexity index is 908. The molecule has 2 unspecified atom stereocenters. The summed E-state index contributed by atoms with van der Waals surface area (Å²) in [5.41, 5.74) is 5.66. The molecule has 27 heavy (non-hydrogen) atoms. The molecule has 3 N–H and O–H groups in total. The number of halogens is 1. The lowest BCUT2D eigenvalue weighted by Gasteiger charge is -2.32. The monoisotopic (exact) mass is 459 g/mol. The van der Waals surface area contributed by atoms with Crippen molar-refractivity contribution in [1.82, 2.24) is 9.62 Å². The molecule has 3 rings (SSSR count). The molecule has 9 nitrogen and oxygen atoms in total. The number of hydrogen-bond donors (Lipinski definition) is 2. The fourth-order valence-corrected chi connectivity index (χ4v) is 9.01. The first-order valence-electron chi connectivity index (χ1n) is 8.00.